The molecule has 0 bridgehead atoms. The topological polar surface area (TPSA) is 23.6 Å². The van der Waals surface area contributed by atoms with Crippen molar-refractivity contribution in [1.29, 1.82) is 0 Å². The molecule has 66 valence electrons. The number of nitrogens with zero attached hydrogens (tertiary/aromatic N) is 2. The highest BCUT2D eigenvalue weighted by Gasteiger charge is 2.09. The lowest BCUT2D eigenvalue weighted by Crippen LogP contribution is -2.42. The summed E-state index contributed by atoms with van der Waals surface area (Å²) in [5.41, 5.74) is 0. The Labute approximate surface area is 73.3 Å². The molecule has 1 aliphatic rings. The summed E-state index contributed by atoms with van der Waals surface area (Å²) in [6.07, 6.45) is 0. The van der Waals surface area contributed by atoms with Crippen molar-refractivity contribution in [3.63, 3.8) is 0 Å². The van der Waals surface area contributed by atoms with E-state index in [1.807, 2.05) is 4.90 Å². The molecule has 0 unspecified atom stereocenters. The zero-order valence-electron chi connectivity index (χ0n) is 7.63. The molecule has 1 saturated heterocycles. The van der Waals surface area contributed by atoms with E-state index in [0.29, 0.717) is 0 Å². The molecule has 0 aliphatic carbocycles. The Morgan fingerprint density at radius 1 is 1.25 bits per heavy atom. The minimum atomic E-state index is -0.0612. The van der Waals surface area contributed by atoms with Gasteiger partial charge in [-0.2, -0.15) is 0 Å². The fourth-order valence-electron chi connectivity index (χ4n) is 1.08. The van der Waals surface area contributed by atoms with E-state index in [9.17, 15) is 4.79 Å². The minimum absolute atomic E-state index is 0.0612. The fourth-order valence-corrected chi connectivity index (χ4v) is 1.08. The number of carbonyl (C=O) groups is 1. The second-order valence-electron chi connectivity index (χ2n) is 3.08. The highest BCUT2D eigenvalue weighted by atomic mass is 16.1. The van der Waals surface area contributed by atoms with E-state index < -0.39 is 0 Å². The maximum atomic E-state index is 10.5. The van der Waals surface area contributed by atoms with Gasteiger partial charge in [-0.3, -0.25) is 4.79 Å². The summed E-state index contributed by atoms with van der Waals surface area (Å²) in [6, 6.07) is 2.85. The van der Waals surface area contributed by atoms with E-state index in [0.717, 1.165) is 26.2 Å². The molecule has 12 heavy (non-hydrogen) atoms. The first kappa shape index (κ1) is 9.08. The third-order valence-electron chi connectivity index (χ3n) is 1.89. The van der Waals surface area contributed by atoms with Crippen molar-refractivity contribution in [3.05, 3.63) is 0 Å². The molecule has 0 spiro atoms. The zero-order chi connectivity index (χ0) is 8.97. The highest BCUT2D eigenvalue weighted by Crippen LogP contribution is 1.96. The van der Waals surface area contributed by atoms with Crippen LogP contribution in [-0.4, -0.2) is 48.8 Å². The van der Waals surface area contributed by atoms with Crippen LogP contribution in [0.3, 0.4) is 0 Å². The lowest BCUT2D eigenvalue weighted by molar-refractivity contribution is -0.111. The predicted molar refractivity (Wildman–Crippen MR) is 47.5 cm³/mol. The second kappa shape index (κ2) is 4.13. The van der Waals surface area contributed by atoms with Crippen LogP contribution in [0, 0.1) is 12.0 Å². The summed E-state index contributed by atoms with van der Waals surface area (Å²) >= 11 is 0. The standard InChI is InChI=1S/C9H14N2O/c1-9(12)3-4-11-7-5-10(2)6-8-11/h5-8H2,1-2H3. The fraction of sp³-hybridized carbons (Fsp3) is 0.667. The lowest BCUT2D eigenvalue weighted by Gasteiger charge is -2.29. The first-order chi connectivity index (χ1) is 5.68. The molecule has 0 atom stereocenters. The van der Waals surface area contributed by atoms with Crippen molar-refractivity contribution in [2.45, 2.75) is 6.92 Å². The number of carbonyl (C=O) groups excluding carboxylic acids is 1. The zero-order valence-corrected chi connectivity index (χ0v) is 7.63. The molecular weight excluding hydrogens is 152 g/mol. The normalized spacial score (nSPS) is 18.3. The number of hydrogen-bond donors (Lipinski definition) is 0. The van der Waals surface area contributed by atoms with Gasteiger partial charge in [-0.25, -0.2) is 0 Å². The third kappa shape index (κ3) is 2.93. The molecular formula is C9H14N2O. The Balaban J connectivity index is 2.37. The van der Waals surface area contributed by atoms with Gasteiger partial charge in [0.15, 0.2) is 0 Å². The van der Waals surface area contributed by atoms with Gasteiger partial charge in [-0.1, -0.05) is 0 Å². The first-order valence-electron chi connectivity index (χ1n) is 4.14. The Morgan fingerprint density at radius 3 is 2.33 bits per heavy atom. The number of Topliss-reactive ketones (excluding diaryl/α,β-unsaturated/α-hetero) is 1. The van der Waals surface area contributed by atoms with Crippen LogP contribution in [0.1, 0.15) is 6.92 Å². The Hall–Kier alpha value is -1.01. The van der Waals surface area contributed by atoms with Gasteiger partial charge in [-0.05, 0) is 13.0 Å². The highest BCUT2D eigenvalue weighted by molar-refractivity contribution is 5.93. The smallest absolute Gasteiger partial charge is 0.204 e. The van der Waals surface area contributed by atoms with Gasteiger partial charge in [-0.15, -0.1) is 0 Å². The summed E-state index contributed by atoms with van der Waals surface area (Å²) in [5, 5.41) is 0. The van der Waals surface area contributed by atoms with Gasteiger partial charge in [0.05, 0.1) is 0 Å². The molecule has 1 fully saturated rings. The summed E-state index contributed by atoms with van der Waals surface area (Å²) in [6.45, 7) is 5.44. The van der Waals surface area contributed by atoms with Crippen LogP contribution in [0.15, 0.2) is 0 Å². The van der Waals surface area contributed by atoms with Crippen LogP contribution in [0.5, 0.6) is 0 Å². The van der Waals surface area contributed by atoms with Crippen molar-refractivity contribution in [3.8, 4) is 12.0 Å². The average molecular weight is 166 g/mol. The van der Waals surface area contributed by atoms with Gasteiger partial charge in [0.25, 0.3) is 0 Å². The SMILES string of the molecule is CC(=O)C#CN1CCN(C)CC1. The van der Waals surface area contributed by atoms with Crippen LogP contribution >= 0.6 is 0 Å². The van der Waals surface area contributed by atoms with Crippen molar-refractivity contribution in [2.75, 3.05) is 33.2 Å². The van der Waals surface area contributed by atoms with Crippen molar-refractivity contribution in [2.24, 2.45) is 0 Å². The van der Waals surface area contributed by atoms with E-state index >= 15 is 0 Å². The number of likely N-dealkylation sites (N-methyl/N-ethyl adjacent to an activating group) is 1. The van der Waals surface area contributed by atoms with Gasteiger partial charge >= 0.3 is 0 Å². The van der Waals surface area contributed by atoms with Crippen molar-refractivity contribution in [1.82, 2.24) is 9.80 Å². The van der Waals surface area contributed by atoms with Crippen LogP contribution < -0.4 is 0 Å². The molecule has 0 radical (unpaired) electrons. The molecule has 1 rings (SSSR count). The lowest BCUT2D eigenvalue weighted by atomic mass is 10.3. The maximum Gasteiger partial charge on any atom is 0.204 e. The van der Waals surface area contributed by atoms with Crippen molar-refractivity contribution < 1.29 is 4.79 Å². The van der Waals surface area contributed by atoms with Crippen LogP contribution in [0.25, 0.3) is 0 Å². The van der Waals surface area contributed by atoms with E-state index in [2.05, 4.69) is 23.9 Å². The molecule has 0 N–H and O–H groups in total. The van der Waals surface area contributed by atoms with Crippen LogP contribution in [0.4, 0.5) is 0 Å². The summed E-state index contributed by atoms with van der Waals surface area (Å²) in [7, 11) is 2.09. The first-order valence-corrected chi connectivity index (χ1v) is 4.14. The monoisotopic (exact) mass is 166 g/mol. The average Bonchev–Trinajstić information content (AvgIpc) is 2.03. The molecule has 0 aromatic heterocycles. The summed E-state index contributed by atoms with van der Waals surface area (Å²) < 4.78 is 0. The van der Waals surface area contributed by atoms with E-state index in [-0.39, 0.29) is 5.78 Å². The van der Waals surface area contributed by atoms with Gasteiger partial charge in [0.2, 0.25) is 5.78 Å². The molecule has 1 aliphatic heterocycles. The molecule has 3 nitrogen and oxygen atoms in total. The molecule has 1 heterocycles. The van der Waals surface area contributed by atoms with E-state index in [1.54, 1.807) is 0 Å². The number of piperazine rings is 1. The Morgan fingerprint density at radius 2 is 1.83 bits per heavy atom. The van der Waals surface area contributed by atoms with E-state index in [4.69, 9.17) is 0 Å². The molecule has 0 aromatic carbocycles. The maximum absolute atomic E-state index is 10.5. The minimum Gasteiger partial charge on any atom is -0.330 e. The molecule has 0 aromatic rings. The van der Waals surface area contributed by atoms with Gasteiger partial charge in [0, 0.05) is 39.1 Å². The van der Waals surface area contributed by atoms with Crippen molar-refractivity contribution >= 4 is 5.78 Å². The Kier molecular flexibility index (Phi) is 3.12. The Bertz CT molecular complexity index is 218. The predicted octanol–water partition coefficient (Wildman–Crippen LogP) is -0.216. The van der Waals surface area contributed by atoms with E-state index in [1.165, 1.54) is 6.92 Å². The molecule has 3 heteroatoms. The number of hydrogen-bond acceptors (Lipinski definition) is 3. The molecule has 0 amide bonds. The summed E-state index contributed by atoms with van der Waals surface area (Å²) in [4.78, 5) is 14.8. The van der Waals surface area contributed by atoms with Crippen LogP contribution in [0.2, 0.25) is 0 Å². The van der Waals surface area contributed by atoms with Gasteiger partial charge in [0.1, 0.15) is 0 Å². The third-order valence-corrected chi connectivity index (χ3v) is 1.89. The largest absolute Gasteiger partial charge is 0.330 e. The van der Waals surface area contributed by atoms with Crippen LogP contribution in [-0.2, 0) is 4.79 Å². The van der Waals surface area contributed by atoms with Gasteiger partial charge < -0.3 is 9.80 Å². The number of rotatable bonds is 0. The second-order valence-corrected chi connectivity index (χ2v) is 3.08. The summed E-state index contributed by atoms with van der Waals surface area (Å²) in [5.74, 6) is 2.49. The quantitative estimate of drug-likeness (QED) is 0.465. The molecule has 0 saturated carbocycles. The number of ketones is 1.